The van der Waals surface area contributed by atoms with E-state index in [1.807, 2.05) is 0 Å². The van der Waals surface area contributed by atoms with Crippen LogP contribution >= 0.6 is 0 Å². The van der Waals surface area contributed by atoms with Crippen molar-refractivity contribution in [3.63, 3.8) is 0 Å². The summed E-state index contributed by atoms with van der Waals surface area (Å²) in [4.78, 5) is 49.6. The predicted molar refractivity (Wildman–Crippen MR) is 161 cm³/mol. The Morgan fingerprint density at radius 2 is 1.84 bits per heavy atom. The number of nitrogens with zero attached hydrogens (tertiary/aromatic N) is 5. The summed E-state index contributed by atoms with van der Waals surface area (Å²) >= 11 is 0. The normalized spacial score (nSPS) is 15.3. The first kappa shape index (κ1) is 31.3. The van der Waals surface area contributed by atoms with Crippen LogP contribution in [0.2, 0.25) is 0 Å². The van der Waals surface area contributed by atoms with Crippen LogP contribution in [-0.4, -0.2) is 76.7 Å². The highest BCUT2D eigenvalue weighted by molar-refractivity contribution is 7.90. The van der Waals surface area contributed by atoms with Crippen molar-refractivity contribution in [1.29, 1.82) is 0 Å². The first-order valence-corrected chi connectivity index (χ1v) is 15.5. The number of anilines is 1. The maximum atomic E-state index is 15.8. The van der Waals surface area contributed by atoms with E-state index in [1.165, 1.54) is 29.2 Å². The molecule has 5 rings (SSSR count). The Hall–Kier alpha value is -5.18. The number of phenols is 1. The second-order valence-electron chi connectivity index (χ2n) is 10.5. The lowest BCUT2D eigenvalue weighted by Gasteiger charge is -2.41. The Kier molecular flexibility index (Phi) is 8.38. The van der Waals surface area contributed by atoms with Gasteiger partial charge in [-0.05, 0) is 35.9 Å². The van der Waals surface area contributed by atoms with Gasteiger partial charge in [-0.15, -0.1) is 0 Å². The lowest BCUT2D eigenvalue weighted by atomic mass is 10.1. The molecular weight excluding hydrogens is 610 g/mol. The Labute approximate surface area is 256 Å². The molecule has 45 heavy (non-hydrogen) atoms. The van der Waals surface area contributed by atoms with E-state index in [2.05, 4.69) is 16.5 Å². The summed E-state index contributed by atoms with van der Waals surface area (Å²) in [6.45, 7) is 3.35. The zero-order valence-electron chi connectivity index (χ0n) is 24.0. The van der Waals surface area contributed by atoms with Crippen molar-refractivity contribution in [3.8, 4) is 17.0 Å². The van der Waals surface area contributed by atoms with Gasteiger partial charge in [-0.1, -0.05) is 30.8 Å². The number of sulfone groups is 1. The third-order valence-corrected chi connectivity index (χ3v) is 8.69. The van der Waals surface area contributed by atoms with Crippen LogP contribution in [0, 0.1) is 11.6 Å². The lowest BCUT2D eigenvalue weighted by molar-refractivity contribution is -0.127. The second kappa shape index (κ2) is 12.1. The molecule has 1 aliphatic rings. The fourth-order valence-corrected chi connectivity index (χ4v) is 6.41. The van der Waals surface area contributed by atoms with Gasteiger partial charge in [0.25, 0.3) is 0 Å². The molecule has 0 radical (unpaired) electrons. The van der Waals surface area contributed by atoms with Crippen LogP contribution in [0.3, 0.4) is 0 Å². The zero-order valence-corrected chi connectivity index (χ0v) is 24.8. The smallest absolute Gasteiger partial charge is 0.351 e. The number of fused-ring (bicyclic) bond motifs is 1. The number of phenolic OH excluding ortho intramolecular Hbond substituents is 1. The van der Waals surface area contributed by atoms with E-state index in [4.69, 9.17) is 5.73 Å². The molecule has 0 spiro atoms. The van der Waals surface area contributed by atoms with Crippen LogP contribution in [0.4, 0.5) is 14.6 Å². The standard InChI is InChI=1S/C30H28F2N6O6S/c1-3-25(41)36-11-12-37(18(16-36)13-24(33)40)29-19-14-21(32)27(26-20(31)8-6-9-22(26)39)34-28(19)38(30(42)35-29)15-17-7-4-5-10-23(17)45(2,43)44/h3-10,14,18,39H,1,11-13,15-16H2,2H3,(H2,33,40). The predicted octanol–water partition coefficient (Wildman–Crippen LogP) is 1.97. The van der Waals surface area contributed by atoms with Crippen LogP contribution in [-0.2, 0) is 26.0 Å². The van der Waals surface area contributed by atoms with Gasteiger partial charge >= 0.3 is 5.69 Å². The second-order valence-corrected chi connectivity index (χ2v) is 12.5. The summed E-state index contributed by atoms with van der Waals surface area (Å²) in [6.07, 6.45) is 1.89. The van der Waals surface area contributed by atoms with E-state index >= 15 is 4.39 Å². The Morgan fingerprint density at radius 3 is 2.51 bits per heavy atom. The van der Waals surface area contributed by atoms with Gasteiger partial charge < -0.3 is 20.6 Å². The van der Waals surface area contributed by atoms with Crippen molar-refractivity contribution >= 4 is 38.5 Å². The monoisotopic (exact) mass is 638 g/mol. The van der Waals surface area contributed by atoms with Crippen molar-refractivity contribution in [3.05, 3.63) is 88.9 Å². The molecule has 1 fully saturated rings. The summed E-state index contributed by atoms with van der Waals surface area (Å²) < 4.78 is 56.8. The maximum Gasteiger partial charge on any atom is 0.351 e. The molecule has 2 aromatic heterocycles. The molecule has 234 valence electrons. The van der Waals surface area contributed by atoms with E-state index in [9.17, 15) is 32.3 Å². The van der Waals surface area contributed by atoms with Crippen molar-refractivity contribution in [1.82, 2.24) is 19.4 Å². The fraction of sp³-hybridized carbons (Fsp3) is 0.233. The van der Waals surface area contributed by atoms with Gasteiger partial charge in [-0.3, -0.25) is 14.2 Å². The SMILES string of the molecule is C=CC(=O)N1CCN(c2nc(=O)n(Cc3ccccc3S(C)(=O)=O)c3nc(-c4c(O)cccc4F)c(F)cc23)C(CC(N)=O)C1. The molecule has 15 heteroatoms. The van der Waals surface area contributed by atoms with E-state index in [-0.39, 0.29) is 65.8 Å². The van der Waals surface area contributed by atoms with Gasteiger partial charge in [0.2, 0.25) is 11.8 Å². The van der Waals surface area contributed by atoms with Gasteiger partial charge in [-0.2, -0.15) is 4.98 Å². The molecule has 1 saturated heterocycles. The number of amides is 2. The van der Waals surface area contributed by atoms with Crippen LogP contribution < -0.4 is 16.3 Å². The van der Waals surface area contributed by atoms with Crippen molar-refractivity contribution < 1.29 is 31.9 Å². The number of aromatic hydroxyl groups is 1. The zero-order chi connectivity index (χ0) is 32.6. The van der Waals surface area contributed by atoms with Crippen molar-refractivity contribution in [2.75, 3.05) is 30.8 Å². The number of piperazine rings is 1. The molecule has 0 saturated carbocycles. The fourth-order valence-electron chi connectivity index (χ4n) is 5.47. The molecule has 4 aromatic rings. The number of halogens is 2. The number of nitrogens with two attached hydrogens (primary N) is 1. The Bertz CT molecular complexity index is 2010. The molecule has 2 aromatic carbocycles. The third-order valence-electron chi connectivity index (χ3n) is 7.49. The number of benzene rings is 2. The number of hydrogen-bond acceptors (Lipinski definition) is 9. The molecule has 3 heterocycles. The minimum absolute atomic E-state index is 0.0128. The number of hydrogen-bond donors (Lipinski definition) is 2. The molecular formula is C30H28F2N6O6S. The summed E-state index contributed by atoms with van der Waals surface area (Å²) in [7, 11) is -3.74. The van der Waals surface area contributed by atoms with E-state index in [0.717, 1.165) is 35.1 Å². The largest absolute Gasteiger partial charge is 0.507 e. The summed E-state index contributed by atoms with van der Waals surface area (Å²) in [5.41, 5.74) is 3.45. The highest BCUT2D eigenvalue weighted by atomic mass is 32.2. The number of rotatable bonds is 8. The van der Waals surface area contributed by atoms with Crippen molar-refractivity contribution in [2.45, 2.75) is 23.9 Å². The van der Waals surface area contributed by atoms with E-state index < -0.39 is 56.1 Å². The molecule has 2 amide bonds. The molecule has 12 nitrogen and oxygen atoms in total. The number of primary amides is 1. The summed E-state index contributed by atoms with van der Waals surface area (Å²) in [5, 5.41) is 10.4. The molecule has 1 atom stereocenters. The van der Waals surface area contributed by atoms with Crippen molar-refractivity contribution in [2.24, 2.45) is 5.73 Å². The summed E-state index contributed by atoms with van der Waals surface area (Å²) in [5.74, 6) is -3.79. The van der Waals surface area contributed by atoms with Gasteiger partial charge in [0.05, 0.1) is 28.4 Å². The van der Waals surface area contributed by atoms with Gasteiger partial charge in [0, 0.05) is 32.3 Å². The third kappa shape index (κ3) is 6.11. The molecule has 0 bridgehead atoms. The average molecular weight is 639 g/mol. The summed E-state index contributed by atoms with van der Waals surface area (Å²) in [6, 6.07) is 9.55. The topological polar surface area (TPSA) is 169 Å². The average Bonchev–Trinajstić information content (AvgIpc) is 2.98. The highest BCUT2D eigenvalue weighted by Crippen LogP contribution is 2.36. The van der Waals surface area contributed by atoms with E-state index in [1.54, 1.807) is 11.0 Å². The molecule has 1 unspecified atom stereocenters. The molecule has 0 aliphatic carbocycles. The maximum absolute atomic E-state index is 15.8. The highest BCUT2D eigenvalue weighted by Gasteiger charge is 2.33. The lowest BCUT2D eigenvalue weighted by Crippen LogP contribution is -2.56. The van der Waals surface area contributed by atoms with Crippen LogP contribution in [0.1, 0.15) is 12.0 Å². The van der Waals surface area contributed by atoms with Crippen LogP contribution in [0.5, 0.6) is 5.75 Å². The first-order valence-electron chi connectivity index (χ1n) is 13.6. The Morgan fingerprint density at radius 1 is 1.11 bits per heavy atom. The number of carbonyl (C=O) groups is 2. The van der Waals surface area contributed by atoms with E-state index in [0.29, 0.717) is 0 Å². The number of aromatic nitrogens is 3. The van der Waals surface area contributed by atoms with Gasteiger partial charge in [-0.25, -0.2) is 27.0 Å². The molecule has 3 N–H and O–H groups in total. The minimum atomic E-state index is -3.74. The van der Waals surface area contributed by atoms with Crippen LogP contribution in [0.15, 0.2) is 70.9 Å². The number of carbonyl (C=O) groups excluding carboxylic acids is 2. The molecule has 1 aliphatic heterocycles. The van der Waals surface area contributed by atoms with Crippen LogP contribution in [0.25, 0.3) is 22.3 Å². The minimum Gasteiger partial charge on any atom is -0.507 e. The number of pyridine rings is 1. The Balaban J connectivity index is 1.78. The van der Waals surface area contributed by atoms with Gasteiger partial charge in [0.1, 0.15) is 28.7 Å². The quantitative estimate of drug-likeness (QED) is 0.274. The van der Waals surface area contributed by atoms with Gasteiger partial charge in [0.15, 0.2) is 15.7 Å². The first-order chi connectivity index (χ1) is 21.3.